The van der Waals surface area contributed by atoms with Crippen LogP contribution < -0.4 is 0 Å². The number of halogens is 1. The van der Waals surface area contributed by atoms with Crippen molar-refractivity contribution in [2.45, 2.75) is 6.61 Å². The van der Waals surface area contributed by atoms with Crippen molar-refractivity contribution in [3.63, 3.8) is 0 Å². The molecule has 0 unspecified atom stereocenters. The molecule has 0 aliphatic carbocycles. The summed E-state index contributed by atoms with van der Waals surface area (Å²) in [5.74, 6) is 0. The number of thiophene rings is 1. The molecule has 0 spiro atoms. The quantitative estimate of drug-likeness (QED) is 0.881. The second kappa shape index (κ2) is 4.26. The molecule has 0 saturated carbocycles. The predicted molar refractivity (Wildman–Crippen MR) is 63.4 cm³/mol. The highest BCUT2D eigenvalue weighted by Gasteiger charge is 2.03. The van der Waals surface area contributed by atoms with Gasteiger partial charge in [-0.1, -0.05) is 18.2 Å². The lowest BCUT2D eigenvalue weighted by Crippen LogP contribution is -1.83. The molecule has 0 amide bonds. The van der Waals surface area contributed by atoms with Crippen LogP contribution in [0.25, 0.3) is 11.1 Å². The Bertz CT molecular complexity index is 436. The Morgan fingerprint density at radius 3 is 2.79 bits per heavy atom. The number of aliphatic hydroxyl groups is 1. The minimum atomic E-state index is 0.0929. The lowest BCUT2D eigenvalue weighted by atomic mass is 10.1. The van der Waals surface area contributed by atoms with E-state index in [-0.39, 0.29) is 6.61 Å². The van der Waals surface area contributed by atoms with Crippen LogP contribution in [0.4, 0.5) is 0 Å². The summed E-state index contributed by atoms with van der Waals surface area (Å²) >= 11 is 5.16. The van der Waals surface area contributed by atoms with Gasteiger partial charge >= 0.3 is 0 Å². The minimum Gasteiger partial charge on any atom is -0.392 e. The van der Waals surface area contributed by atoms with Crippen LogP contribution in [-0.4, -0.2) is 5.11 Å². The molecular formula is C11H9BrOS. The van der Waals surface area contributed by atoms with E-state index in [4.69, 9.17) is 5.11 Å². The van der Waals surface area contributed by atoms with E-state index in [0.717, 1.165) is 15.6 Å². The minimum absolute atomic E-state index is 0.0929. The highest BCUT2D eigenvalue weighted by molar-refractivity contribution is 9.10. The van der Waals surface area contributed by atoms with E-state index >= 15 is 0 Å². The monoisotopic (exact) mass is 268 g/mol. The van der Waals surface area contributed by atoms with Crippen molar-refractivity contribution in [2.24, 2.45) is 0 Å². The van der Waals surface area contributed by atoms with Gasteiger partial charge in [0.2, 0.25) is 0 Å². The van der Waals surface area contributed by atoms with Crippen LogP contribution in [0.5, 0.6) is 0 Å². The molecule has 0 bridgehead atoms. The summed E-state index contributed by atoms with van der Waals surface area (Å²) < 4.78 is 1.11. The van der Waals surface area contributed by atoms with E-state index in [0.29, 0.717) is 0 Å². The molecule has 0 atom stereocenters. The molecule has 0 aliphatic rings. The van der Waals surface area contributed by atoms with Crippen molar-refractivity contribution in [1.29, 1.82) is 0 Å². The van der Waals surface area contributed by atoms with Crippen molar-refractivity contribution in [2.75, 3.05) is 0 Å². The molecular weight excluding hydrogens is 260 g/mol. The highest BCUT2D eigenvalue weighted by atomic mass is 79.9. The average molecular weight is 269 g/mol. The molecule has 0 fully saturated rings. The summed E-state index contributed by atoms with van der Waals surface area (Å²) in [6.07, 6.45) is 0. The van der Waals surface area contributed by atoms with Crippen molar-refractivity contribution < 1.29 is 5.11 Å². The topological polar surface area (TPSA) is 20.2 Å². The highest BCUT2D eigenvalue weighted by Crippen LogP contribution is 2.31. The van der Waals surface area contributed by atoms with Gasteiger partial charge in [0.15, 0.2) is 0 Å². The summed E-state index contributed by atoms with van der Waals surface area (Å²) in [4.78, 5) is 0. The average Bonchev–Trinajstić information content (AvgIpc) is 2.65. The molecule has 2 rings (SSSR count). The van der Waals surface area contributed by atoms with Gasteiger partial charge in [-0.15, -0.1) is 0 Å². The molecule has 3 heteroatoms. The SMILES string of the molecule is OCc1cccc(-c2cscc2Br)c1. The van der Waals surface area contributed by atoms with Crippen LogP contribution in [0.15, 0.2) is 39.5 Å². The zero-order chi connectivity index (χ0) is 9.97. The smallest absolute Gasteiger partial charge is 0.0682 e. The number of aliphatic hydroxyl groups excluding tert-OH is 1. The van der Waals surface area contributed by atoms with Crippen LogP contribution in [0.3, 0.4) is 0 Å². The van der Waals surface area contributed by atoms with Gasteiger partial charge in [-0.3, -0.25) is 0 Å². The zero-order valence-corrected chi connectivity index (χ0v) is 9.81. The molecule has 1 N–H and O–H groups in total. The van der Waals surface area contributed by atoms with Gasteiger partial charge < -0.3 is 5.11 Å². The van der Waals surface area contributed by atoms with E-state index in [9.17, 15) is 0 Å². The van der Waals surface area contributed by atoms with Crippen LogP contribution in [0, 0.1) is 0 Å². The van der Waals surface area contributed by atoms with Crippen LogP contribution in [-0.2, 0) is 6.61 Å². The molecule has 1 aromatic heterocycles. The standard InChI is InChI=1S/C11H9BrOS/c12-11-7-14-6-10(11)9-3-1-2-8(4-9)5-13/h1-4,6-7,13H,5H2. The van der Waals surface area contributed by atoms with E-state index in [1.54, 1.807) is 11.3 Å². The number of hydrogen-bond donors (Lipinski definition) is 1. The molecule has 0 radical (unpaired) electrons. The third-order valence-corrected chi connectivity index (χ3v) is 3.74. The van der Waals surface area contributed by atoms with Crippen molar-refractivity contribution in [3.05, 3.63) is 45.1 Å². The molecule has 0 aliphatic heterocycles. The Kier molecular flexibility index (Phi) is 3.01. The van der Waals surface area contributed by atoms with Crippen molar-refractivity contribution in [3.8, 4) is 11.1 Å². The third kappa shape index (κ3) is 1.90. The number of benzene rings is 1. The second-order valence-electron chi connectivity index (χ2n) is 2.99. The first kappa shape index (κ1) is 9.90. The summed E-state index contributed by atoms with van der Waals surface area (Å²) in [5.41, 5.74) is 3.27. The Balaban J connectivity index is 2.47. The summed E-state index contributed by atoms with van der Waals surface area (Å²) in [6.45, 7) is 0.0929. The van der Waals surface area contributed by atoms with Gasteiger partial charge in [0.25, 0.3) is 0 Å². The number of hydrogen-bond acceptors (Lipinski definition) is 2. The van der Waals surface area contributed by atoms with Crippen LogP contribution in [0.2, 0.25) is 0 Å². The first-order chi connectivity index (χ1) is 6.81. The summed E-state index contributed by atoms with van der Waals surface area (Å²) in [5, 5.41) is 13.2. The lowest BCUT2D eigenvalue weighted by molar-refractivity contribution is 0.282. The Morgan fingerprint density at radius 1 is 1.29 bits per heavy atom. The fourth-order valence-electron chi connectivity index (χ4n) is 1.32. The molecule has 1 heterocycles. The Morgan fingerprint density at radius 2 is 2.14 bits per heavy atom. The predicted octanol–water partition coefficient (Wildman–Crippen LogP) is 3.67. The van der Waals surface area contributed by atoms with Gasteiger partial charge in [-0.05, 0) is 38.5 Å². The van der Waals surface area contributed by atoms with Gasteiger partial charge in [-0.2, -0.15) is 11.3 Å². The molecule has 72 valence electrons. The largest absolute Gasteiger partial charge is 0.392 e. The number of rotatable bonds is 2. The van der Waals surface area contributed by atoms with Gasteiger partial charge in [0.05, 0.1) is 6.61 Å². The van der Waals surface area contributed by atoms with E-state index < -0.39 is 0 Å². The second-order valence-corrected chi connectivity index (χ2v) is 4.59. The molecule has 0 saturated heterocycles. The normalized spacial score (nSPS) is 10.4. The summed E-state index contributed by atoms with van der Waals surface area (Å²) in [6, 6.07) is 7.94. The fraction of sp³-hybridized carbons (Fsp3) is 0.0909. The first-order valence-corrected chi connectivity index (χ1v) is 5.96. The van der Waals surface area contributed by atoms with Crippen LogP contribution in [0.1, 0.15) is 5.56 Å². The molecule has 1 aromatic carbocycles. The van der Waals surface area contributed by atoms with E-state index in [2.05, 4.69) is 26.7 Å². The van der Waals surface area contributed by atoms with Crippen LogP contribution >= 0.6 is 27.3 Å². The van der Waals surface area contributed by atoms with Gasteiger partial charge in [0, 0.05) is 15.4 Å². The van der Waals surface area contributed by atoms with Crippen molar-refractivity contribution >= 4 is 27.3 Å². The maximum atomic E-state index is 9.02. The Hall–Kier alpha value is -0.640. The molecule has 14 heavy (non-hydrogen) atoms. The third-order valence-electron chi connectivity index (χ3n) is 2.04. The lowest BCUT2D eigenvalue weighted by Gasteiger charge is -2.01. The maximum Gasteiger partial charge on any atom is 0.0682 e. The van der Waals surface area contributed by atoms with Gasteiger partial charge in [0.1, 0.15) is 0 Å². The van der Waals surface area contributed by atoms with E-state index in [1.807, 2.05) is 24.3 Å². The van der Waals surface area contributed by atoms with E-state index in [1.165, 1.54) is 5.56 Å². The fourth-order valence-corrected chi connectivity index (χ4v) is 2.86. The summed E-state index contributed by atoms with van der Waals surface area (Å²) in [7, 11) is 0. The van der Waals surface area contributed by atoms with Crippen molar-refractivity contribution in [1.82, 2.24) is 0 Å². The van der Waals surface area contributed by atoms with Gasteiger partial charge in [-0.25, -0.2) is 0 Å². The Labute approximate surface area is 95.2 Å². The molecule has 2 aromatic rings. The maximum absolute atomic E-state index is 9.02. The first-order valence-electron chi connectivity index (χ1n) is 4.23. The molecule has 1 nitrogen and oxygen atoms in total. The zero-order valence-electron chi connectivity index (χ0n) is 7.40.